The van der Waals surface area contributed by atoms with E-state index in [9.17, 15) is 19.2 Å². The molecule has 0 bridgehead atoms. The molecule has 2 aromatic carbocycles. The van der Waals surface area contributed by atoms with E-state index < -0.39 is 0 Å². The van der Waals surface area contributed by atoms with E-state index in [1.807, 2.05) is 32.2 Å². The minimum Gasteiger partial charge on any atom is -0.488 e. The number of hydrogen-bond acceptors (Lipinski definition) is 16. The fourth-order valence-electron chi connectivity index (χ4n) is 13.8. The highest BCUT2D eigenvalue weighted by molar-refractivity contribution is 6.28. The molecular formula is C64H91ClN14O6. The third-order valence-electron chi connectivity index (χ3n) is 18.9. The molecule has 4 amide bonds. The molecule has 4 saturated carbocycles. The zero-order valence-electron chi connectivity index (χ0n) is 51.0. The van der Waals surface area contributed by atoms with Crippen molar-refractivity contribution in [1.82, 2.24) is 40.4 Å². The summed E-state index contributed by atoms with van der Waals surface area (Å²) in [6, 6.07) is 11.7. The van der Waals surface area contributed by atoms with Gasteiger partial charge in [0.15, 0.2) is 11.6 Å². The molecule has 5 N–H and O–H groups in total. The largest absolute Gasteiger partial charge is 0.488 e. The Hall–Kier alpha value is -6.51. The highest BCUT2D eigenvalue weighted by Gasteiger charge is 2.43. The average Bonchev–Trinajstić information content (AvgIpc) is 2.34. The highest BCUT2D eigenvalue weighted by atomic mass is 35.5. The normalized spacial score (nSPS) is 22.2. The van der Waals surface area contributed by atoms with Crippen molar-refractivity contribution in [3.05, 3.63) is 65.2 Å². The van der Waals surface area contributed by atoms with Crippen LogP contribution in [-0.4, -0.2) is 156 Å². The van der Waals surface area contributed by atoms with E-state index in [0.717, 1.165) is 158 Å². The first-order valence-corrected chi connectivity index (χ1v) is 32.2. The Morgan fingerprint density at radius 2 is 1.00 bits per heavy atom. The number of hydrogen-bond donors (Lipinski definition) is 4. The van der Waals surface area contributed by atoms with Gasteiger partial charge in [0.1, 0.15) is 35.0 Å². The van der Waals surface area contributed by atoms with Crippen molar-refractivity contribution in [2.75, 3.05) is 85.0 Å². The van der Waals surface area contributed by atoms with Gasteiger partial charge < -0.3 is 60.6 Å². The Morgan fingerprint density at radius 1 is 0.576 bits per heavy atom. The van der Waals surface area contributed by atoms with Gasteiger partial charge in [-0.15, -0.1) is 0 Å². The number of nitrogens with zero attached hydrogens (tertiary/aromatic N) is 10. The lowest BCUT2D eigenvalue weighted by atomic mass is 10.0. The van der Waals surface area contributed by atoms with E-state index in [1.165, 1.54) is 38.5 Å². The molecule has 2 atom stereocenters. The molecule has 0 radical (unpaired) electrons. The number of nitrogens with two attached hydrogens (primary N) is 1. The number of anilines is 7. The van der Waals surface area contributed by atoms with E-state index >= 15 is 0 Å². The highest BCUT2D eigenvalue weighted by Crippen LogP contribution is 2.42. The topological polar surface area (TPSA) is 220 Å². The number of aromatic nitrogens is 4. The van der Waals surface area contributed by atoms with E-state index in [1.54, 1.807) is 47.4 Å². The quantitative estimate of drug-likeness (QED) is 0.0682. The monoisotopic (exact) mass is 1190 g/mol. The van der Waals surface area contributed by atoms with Crippen LogP contribution in [0, 0.1) is 0 Å². The molecule has 21 heteroatoms. The summed E-state index contributed by atoms with van der Waals surface area (Å²) < 4.78 is 12.5. The van der Waals surface area contributed by atoms with Crippen LogP contribution in [0.4, 0.5) is 40.3 Å². The number of nitrogens with one attached hydrogen (secondary N) is 3. The smallest absolute Gasteiger partial charge is 0.251 e. The second kappa shape index (κ2) is 28.3. The van der Waals surface area contributed by atoms with Crippen LogP contribution in [-0.2, 0) is 9.59 Å². The SMILES string of the molecule is CC[C@@H]1C(=O)N(C)c2cnc(Cl)nc2N1C1CCCC1.CC[C@@H]1C(=O)N(C)c2cnc(Nc3ccc(C(=O)NC4CCN(C)CC4)cc3OC3CCCC3)nc2N1C1CCCC1.CN1CCC(NC(=O)c2ccc(N)c(OC3CCCC3)c2)CC1. The molecule has 2 aromatic heterocycles. The fourth-order valence-corrected chi connectivity index (χ4v) is 13.9. The fraction of sp³-hybridized carbons (Fsp3) is 0.625. The molecule has 4 aliphatic heterocycles. The third-order valence-corrected chi connectivity index (χ3v) is 19.0. The van der Waals surface area contributed by atoms with E-state index in [0.29, 0.717) is 46.3 Å². The Morgan fingerprint density at radius 3 is 1.48 bits per heavy atom. The van der Waals surface area contributed by atoms with Gasteiger partial charge in [0.25, 0.3) is 11.8 Å². The zero-order valence-corrected chi connectivity index (χ0v) is 51.8. The molecule has 6 heterocycles. The van der Waals surface area contributed by atoms with Crippen LogP contribution in [0.3, 0.4) is 0 Å². The summed E-state index contributed by atoms with van der Waals surface area (Å²) in [5, 5.41) is 10.0. The van der Waals surface area contributed by atoms with Gasteiger partial charge in [-0.25, -0.2) is 9.97 Å². The minimum absolute atomic E-state index is 0.0316. The van der Waals surface area contributed by atoms with Crippen LogP contribution in [0.25, 0.3) is 0 Å². The number of likely N-dealkylation sites (tertiary alicyclic amines) is 2. The molecule has 4 aliphatic carbocycles. The van der Waals surface area contributed by atoms with Crippen LogP contribution in [0.2, 0.25) is 5.28 Å². The van der Waals surface area contributed by atoms with Crippen molar-refractivity contribution in [2.45, 2.75) is 204 Å². The molecule has 4 aromatic rings. The van der Waals surface area contributed by atoms with Gasteiger partial charge in [-0.1, -0.05) is 39.5 Å². The molecule has 12 rings (SSSR count). The number of halogens is 1. The van der Waals surface area contributed by atoms with Gasteiger partial charge in [0.2, 0.25) is 23.0 Å². The summed E-state index contributed by atoms with van der Waals surface area (Å²) in [7, 11) is 7.84. The van der Waals surface area contributed by atoms with Gasteiger partial charge in [-0.3, -0.25) is 19.2 Å². The number of nitrogen functional groups attached to an aromatic ring is 1. The molecular weight excluding hydrogens is 1100 g/mol. The van der Waals surface area contributed by atoms with Crippen LogP contribution < -0.4 is 50.8 Å². The summed E-state index contributed by atoms with van der Waals surface area (Å²) in [6.07, 6.45) is 27.2. The number of rotatable bonds is 14. The maximum absolute atomic E-state index is 13.3. The number of likely N-dealkylation sites (N-methyl/N-ethyl adjacent to an activating group) is 2. The Kier molecular flexibility index (Phi) is 20.5. The number of piperidine rings is 2. The second-order valence-corrected chi connectivity index (χ2v) is 25.2. The number of fused-ring (bicyclic) bond motifs is 2. The molecule has 0 spiro atoms. The summed E-state index contributed by atoms with van der Waals surface area (Å²) >= 11 is 5.97. The van der Waals surface area contributed by atoms with Crippen LogP contribution >= 0.6 is 11.6 Å². The minimum atomic E-state index is -0.225. The van der Waals surface area contributed by atoms with Crippen molar-refractivity contribution in [1.29, 1.82) is 0 Å². The number of carbonyl (C=O) groups is 4. The molecule has 6 fully saturated rings. The standard InChI is InChI=1S/C32H45N7O3.C18H27N3O2.C14H19ClN4O/c1-4-26-31(41)38(3)27-20-33-32(36-29(27)39(26)23-9-5-6-10-23)35-25-14-13-21(19-28(25)42-24-11-7-8-12-24)30(40)34-22-15-17-37(2)18-16-22;1-21-10-8-14(9-11-21)20-18(22)13-6-7-16(19)17(12-13)23-15-4-2-3-5-15;1-3-10-13(20)18(2)11-8-16-14(15)17-12(11)19(10)9-6-4-5-7-9/h13-14,19-20,22-24,26H,4-12,15-18H2,1-3H3,(H,34,40)(H,33,35,36);6-7,12,14-15H,2-5,8-11,19H2,1H3,(H,20,22);8-10H,3-7H2,1-2H3/t26-;;10-/m1.1/s1. The van der Waals surface area contributed by atoms with Gasteiger partial charge in [-0.2, -0.15) is 9.97 Å². The second-order valence-electron chi connectivity index (χ2n) is 24.8. The van der Waals surface area contributed by atoms with Gasteiger partial charge >= 0.3 is 0 Å². The zero-order chi connectivity index (χ0) is 59.7. The van der Waals surface area contributed by atoms with Crippen molar-refractivity contribution < 1.29 is 28.7 Å². The van der Waals surface area contributed by atoms with Gasteiger partial charge in [0, 0.05) is 49.4 Å². The molecule has 85 heavy (non-hydrogen) atoms. The summed E-state index contributed by atoms with van der Waals surface area (Å²) in [5.74, 6) is 3.48. The summed E-state index contributed by atoms with van der Waals surface area (Å²) in [6.45, 7) is 8.16. The van der Waals surface area contributed by atoms with Crippen LogP contribution in [0.1, 0.15) is 176 Å². The molecule has 460 valence electrons. The van der Waals surface area contributed by atoms with Gasteiger partial charge in [-0.05, 0) is 204 Å². The van der Waals surface area contributed by atoms with Crippen molar-refractivity contribution in [3.63, 3.8) is 0 Å². The van der Waals surface area contributed by atoms with Crippen LogP contribution in [0.15, 0.2) is 48.8 Å². The molecule has 20 nitrogen and oxygen atoms in total. The maximum Gasteiger partial charge on any atom is 0.251 e. The lowest BCUT2D eigenvalue weighted by molar-refractivity contribution is -0.120. The first-order valence-electron chi connectivity index (χ1n) is 31.8. The van der Waals surface area contributed by atoms with Crippen LogP contribution in [0.5, 0.6) is 11.5 Å². The van der Waals surface area contributed by atoms with Crippen molar-refractivity contribution in [2.24, 2.45) is 0 Å². The predicted molar refractivity (Wildman–Crippen MR) is 336 cm³/mol. The maximum atomic E-state index is 13.3. The number of amides is 4. The molecule has 0 unspecified atom stereocenters. The van der Waals surface area contributed by atoms with Crippen molar-refractivity contribution >= 4 is 75.6 Å². The molecule has 2 saturated heterocycles. The Labute approximate surface area is 507 Å². The predicted octanol–water partition coefficient (Wildman–Crippen LogP) is 9.92. The van der Waals surface area contributed by atoms with E-state index in [2.05, 4.69) is 71.5 Å². The van der Waals surface area contributed by atoms with Crippen molar-refractivity contribution in [3.8, 4) is 11.5 Å². The number of benzene rings is 2. The first kappa shape index (κ1) is 61.6. The average molecular weight is 1190 g/mol. The first-order chi connectivity index (χ1) is 41.2. The summed E-state index contributed by atoms with van der Waals surface area (Å²) in [5.41, 5.74) is 10.1. The van der Waals surface area contributed by atoms with Gasteiger partial charge in [0.05, 0.1) is 36.0 Å². The molecule has 8 aliphatic rings. The van der Waals surface area contributed by atoms with E-state index in [4.69, 9.17) is 31.8 Å². The summed E-state index contributed by atoms with van der Waals surface area (Å²) in [4.78, 5) is 82.0. The third kappa shape index (κ3) is 14.7. The number of carbonyl (C=O) groups excluding carboxylic acids is 4. The lowest BCUT2D eigenvalue weighted by Gasteiger charge is -2.43. The number of ether oxygens (including phenoxy) is 2. The lowest BCUT2D eigenvalue weighted by Crippen LogP contribution is -2.55. The Bertz CT molecular complexity index is 2950. The van der Waals surface area contributed by atoms with E-state index in [-0.39, 0.29) is 65.3 Å². The Balaban J connectivity index is 0.000000157.